The van der Waals surface area contributed by atoms with E-state index in [2.05, 4.69) is 5.32 Å². The third-order valence-electron chi connectivity index (χ3n) is 6.74. The number of hydrogen-bond donors (Lipinski definition) is 1. The Kier molecular flexibility index (Phi) is 6.84. The number of nitrogens with zero attached hydrogens (tertiary/aromatic N) is 3. The van der Waals surface area contributed by atoms with Crippen molar-refractivity contribution in [3.63, 3.8) is 0 Å². The summed E-state index contributed by atoms with van der Waals surface area (Å²) in [5.74, 6) is -0.221. The molecule has 8 nitrogen and oxygen atoms in total. The molecule has 3 aromatic rings. The molecule has 8 heteroatoms. The molecule has 1 aliphatic carbocycles. The molecule has 1 saturated carbocycles. The van der Waals surface area contributed by atoms with E-state index in [-0.39, 0.29) is 30.3 Å². The summed E-state index contributed by atoms with van der Waals surface area (Å²) in [4.78, 5) is 39.3. The van der Waals surface area contributed by atoms with Crippen LogP contribution in [0.3, 0.4) is 0 Å². The number of likely N-dealkylation sites (tertiary alicyclic amines) is 1. The zero-order valence-corrected chi connectivity index (χ0v) is 20.4. The van der Waals surface area contributed by atoms with Crippen LogP contribution in [-0.2, 0) is 19.1 Å². The second-order valence-corrected chi connectivity index (χ2v) is 9.56. The van der Waals surface area contributed by atoms with E-state index < -0.39 is 5.91 Å². The molecule has 2 fully saturated rings. The average molecular weight is 487 g/mol. The Morgan fingerprint density at radius 2 is 1.64 bits per heavy atom. The number of aryl methyl sites for hydroxylation is 1. The van der Waals surface area contributed by atoms with Crippen LogP contribution in [0.4, 0.5) is 5.82 Å². The number of ether oxygens (including phenoxy) is 1. The van der Waals surface area contributed by atoms with Gasteiger partial charge in [-0.05, 0) is 44.7 Å². The zero-order valence-electron chi connectivity index (χ0n) is 20.4. The highest BCUT2D eigenvalue weighted by Gasteiger charge is 2.36. The smallest absolute Gasteiger partial charge is 0.309 e. The van der Waals surface area contributed by atoms with Crippen molar-refractivity contribution in [3.05, 3.63) is 66.2 Å². The van der Waals surface area contributed by atoms with Gasteiger partial charge in [0.1, 0.15) is 5.82 Å². The number of piperidine rings is 1. The minimum absolute atomic E-state index is 0.188. The maximum Gasteiger partial charge on any atom is 0.309 e. The summed E-state index contributed by atoms with van der Waals surface area (Å²) in [6.07, 6.45) is 3.09. The molecule has 0 spiro atoms. The largest absolute Gasteiger partial charge is 0.455 e. The highest BCUT2D eigenvalue weighted by atomic mass is 16.5. The van der Waals surface area contributed by atoms with Crippen LogP contribution in [-0.4, -0.2) is 52.2 Å². The number of benzene rings is 2. The SMILES string of the molecule is Cc1ccc(-c2cc(NC(=O)COC(=O)C3CCN(C(=O)C4CC4)CC3)n(-c3ccccc3)n2)cc1. The summed E-state index contributed by atoms with van der Waals surface area (Å²) in [7, 11) is 0. The number of aromatic nitrogens is 2. The van der Waals surface area contributed by atoms with Gasteiger partial charge in [-0.1, -0.05) is 48.0 Å². The predicted molar refractivity (Wildman–Crippen MR) is 135 cm³/mol. The van der Waals surface area contributed by atoms with E-state index in [0.717, 1.165) is 35.3 Å². The fraction of sp³-hybridized carbons (Fsp3) is 0.357. The van der Waals surface area contributed by atoms with Gasteiger partial charge in [0, 0.05) is 30.6 Å². The Labute approximate surface area is 210 Å². The minimum atomic E-state index is -0.433. The Bertz CT molecular complexity index is 1240. The van der Waals surface area contributed by atoms with E-state index in [1.165, 1.54) is 0 Å². The average Bonchev–Trinajstić information content (AvgIpc) is 3.68. The van der Waals surface area contributed by atoms with E-state index in [1.807, 2.05) is 72.5 Å². The molecule has 0 bridgehead atoms. The highest BCUT2D eigenvalue weighted by molar-refractivity contribution is 5.93. The van der Waals surface area contributed by atoms with E-state index in [0.29, 0.717) is 31.7 Å². The van der Waals surface area contributed by atoms with Gasteiger partial charge in [0.05, 0.1) is 17.3 Å². The first kappa shape index (κ1) is 23.8. The van der Waals surface area contributed by atoms with Crippen LogP contribution in [0.15, 0.2) is 60.7 Å². The van der Waals surface area contributed by atoms with Crippen LogP contribution in [0, 0.1) is 18.8 Å². The molecule has 0 radical (unpaired) electrons. The molecule has 186 valence electrons. The van der Waals surface area contributed by atoms with Crippen LogP contribution >= 0.6 is 0 Å². The lowest BCUT2D eigenvalue weighted by Crippen LogP contribution is -2.41. The Morgan fingerprint density at radius 3 is 2.31 bits per heavy atom. The maximum atomic E-state index is 12.7. The number of rotatable bonds is 7. The fourth-order valence-corrected chi connectivity index (χ4v) is 4.46. The van der Waals surface area contributed by atoms with Gasteiger partial charge in [-0.3, -0.25) is 14.4 Å². The van der Waals surface area contributed by atoms with Crippen LogP contribution in [0.25, 0.3) is 16.9 Å². The van der Waals surface area contributed by atoms with Crippen LogP contribution in [0.1, 0.15) is 31.2 Å². The number of anilines is 1. The number of hydrogen-bond acceptors (Lipinski definition) is 5. The van der Waals surface area contributed by atoms with Crippen molar-refractivity contribution in [2.45, 2.75) is 32.6 Å². The van der Waals surface area contributed by atoms with E-state index >= 15 is 0 Å². The Balaban J connectivity index is 1.21. The summed E-state index contributed by atoms with van der Waals surface area (Å²) in [5, 5.41) is 7.54. The molecule has 0 unspecified atom stereocenters. The molecule has 2 amide bonds. The normalized spacial score (nSPS) is 16.0. The number of carbonyl (C=O) groups excluding carboxylic acids is 3. The molecular weight excluding hydrogens is 456 g/mol. The molecule has 0 atom stereocenters. The molecule has 2 heterocycles. The quantitative estimate of drug-likeness (QED) is 0.510. The van der Waals surface area contributed by atoms with Gasteiger partial charge in [0.25, 0.3) is 5.91 Å². The Morgan fingerprint density at radius 1 is 0.944 bits per heavy atom. The predicted octanol–water partition coefficient (Wildman–Crippen LogP) is 3.98. The van der Waals surface area contributed by atoms with Gasteiger partial charge in [-0.2, -0.15) is 5.10 Å². The molecule has 36 heavy (non-hydrogen) atoms. The Hall–Kier alpha value is -3.94. The van der Waals surface area contributed by atoms with Crippen molar-refractivity contribution in [1.82, 2.24) is 14.7 Å². The van der Waals surface area contributed by atoms with Crippen LogP contribution in [0.2, 0.25) is 0 Å². The van der Waals surface area contributed by atoms with Crippen molar-refractivity contribution in [3.8, 4) is 16.9 Å². The summed E-state index contributed by atoms with van der Waals surface area (Å²) in [6, 6.07) is 19.3. The molecule has 1 aromatic heterocycles. The molecule has 1 N–H and O–H groups in total. The zero-order chi connectivity index (χ0) is 25.1. The summed E-state index contributed by atoms with van der Waals surface area (Å²) < 4.78 is 7.01. The monoisotopic (exact) mass is 486 g/mol. The third kappa shape index (κ3) is 5.48. The summed E-state index contributed by atoms with van der Waals surface area (Å²) in [5.41, 5.74) is 3.61. The molecule has 1 aliphatic heterocycles. The standard InChI is InChI=1S/C28H30N4O4/c1-19-7-9-20(10-8-19)24-17-25(32(30-24)23-5-3-2-4-6-23)29-26(33)18-36-28(35)22-13-15-31(16-14-22)27(34)21-11-12-21/h2-10,17,21-22H,11-16,18H2,1H3,(H,29,33). The van der Waals surface area contributed by atoms with Gasteiger partial charge < -0.3 is 15.0 Å². The minimum Gasteiger partial charge on any atom is -0.455 e. The van der Waals surface area contributed by atoms with Crippen molar-refractivity contribution in [2.75, 3.05) is 25.0 Å². The van der Waals surface area contributed by atoms with Crippen LogP contribution < -0.4 is 5.32 Å². The maximum absolute atomic E-state index is 12.7. The second-order valence-electron chi connectivity index (χ2n) is 9.56. The van der Waals surface area contributed by atoms with Gasteiger partial charge in [-0.15, -0.1) is 0 Å². The number of para-hydroxylation sites is 1. The third-order valence-corrected chi connectivity index (χ3v) is 6.74. The lowest BCUT2D eigenvalue weighted by atomic mass is 9.97. The number of esters is 1. The van der Waals surface area contributed by atoms with Gasteiger partial charge in [0.15, 0.2) is 6.61 Å². The van der Waals surface area contributed by atoms with Gasteiger partial charge >= 0.3 is 5.97 Å². The van der Waals surface area contributed by atoms with E-state index in [1.54, 1.807) is 4.68 Å². The molecule has 5 rings (SSSR count). The van der Waals surface area contributed by atoms with Gasteiger partial charge in [-0.25, -0.2) is 4.68 Å². The summed E-state index contributed by atoms with van der Waals surface area (Å²) in [6.45, 7) is 2.79. The summed E-state index contributed by atoms with van der Waals surface area (Å²) >= 11 is 0. The van der Waals surface area contributed by atoms with Crippen molar-refractivity contribution in [2.24, 2.45) is 11.8 Å². The molecular formula is C28H30N4O4. The lowest BCUT2D eigenvalue weighted by molar-refractivity contribution is -0.154. The number of nitrogens with one attached hydrogen (secondary N) is 1. The van der Waals surface area contributed by atoms with E-state index in [9.17, 15) is 14.4 Å². The van der Waals surface area contributed by atoms with Crippen molar-refractivity contribution < 1.29 is 19.1 Å². The first-order valence-electron chi connectivity index (χ1n) is 12.5. The second kappa shape index (κ2) is 10.4. The highest BCUT2D eigenvalue weighted by Crippen LogP contribution is 2.32. The molecule has 2 aliphatic rings. The molecule has 2 aromatic carbocycles. The van der Waals surface area contributed by atoms with Gasteiger partial charge in [0.2, 0.25) is 5.91 Å². The van der Waals surface area contributed by atoms with Crippen LogP contribution in [0.5, 0.6) is 0 Å². The first-order chi connectivity index (χ1) is 17.5. The first-order valence-corrected chi connectivity index (χ1v) is 12.5. The van der Waals surface area contributed by atoms with E-state index in [4.69, 9.17) is 9.84 Å². The fourth-order valence-electron chi connectivity index (χ4n) is 4.46. The van der Waals surface area contributed by atoms with Crippen molar-refractivity contribution >= 4 is 23.6 Å². The topological polar surface area (TPSA) is 93.5 Å². The lowest BCUT2D eigenvalue weighted by Gasteiger charge is -2.31. The van der Waals surface area contributed by atoms with Crippen molar-refractivity contribution in [1.29, 1.82) is 0 Å². The number of carbonyl (C=O) groups is 3. The number of amides is 2. The molecule has 1 saturated heterocycles.